The van der Waals surface area contributed by atoms with Crippen LogP contribution < -0.4 is 5.32 Å². The lowest BCUT2D eigenvalue weighted by Gasteiger charge is -2.28. The molecule has 0 spiro atoms. The Labute approximate surface area is 55.0 Å². The van der Waals surface area contributed by atoms with Gasteiger partial charge in [0.25, 0.3) is 0 Å². The van der Waals surface area contributed by atoms with Crippen molar-refractivity contribution in [3.63, 3.8) is 0 Å². The SMILES string of the molecule is CN1CCNC(CF)C1. The van der Waals surface area contributed by atoms with Gasteiger partial charge < -0.3 is 10.2 Å². The summed E-state index contributed by atoms with van der Waals surface area (Å²) in [6.45, 7) is 2.56. The number of rotatable bonds is 1. The first-order valence-electron chi connectivity index (χ1n) is 3.31. The molecule has 1 heterocycles. The molecular weight excluding hydrogens is 119 g/mol. The molecule has 1 unspecified atom stereocenters. The zero-order valence-corrected chi connectivity index (χ0v) is 5.73. The number of alkyl halides is 1. The molecule has 0 bridgehead atoms. The molecule has 0 saturated carbocycles. The molecule has 2 nitrogen and oxygen atoms in total. The number of hydrogen-bond acceptors (Lipinski definition) is 2. The van der Waals surface area contributed by atoms with Crippen molar-refractivity contribution in [1.82, 2.24) is 10.2 Å². The van der Waals surface area contributed by atoms with Crippen LogP contribution in [0.15, 0.2) is 0 Å². The van der Waals surface area contributed by atoms with Crippen molar-refractivity contribution in [3.05, 3.63) is 0 Å². The second-order valence-corrected chi connectivity index (χ2v) is 2.57. The van der Waals surface area contributed by atoms with Crippen LogP contribution in [0.4, 0.5) is 4.39 Å². The number of piperazine rings is 1. The Morgan fingerprint density at radius 2 is 2.56 bits per heavy atom. The maximum atomic E-state index is 12.0. The zero-order chi connectivity index (χ0) is 6.69. The van der Waals surface area contributed by atoms with Gasteiger partial charge in [0.1, 0.15) is 6.67 Å². The third kappa shape index (κ3) is 1.91. The number of likely N-dealkylation sites (N-methyl/N-ethyl adjacent to an activating group) is 1. The second kappa shape index (κ2) is 3.13. The first-order valence-corrected chi connectivity index (χ1v) is 3.31. The van der Waals surface area contributed by atoms with Crippen molar-refractivity contribution < 1.29 is 4.39 Å². The summed E-state index contributed by atoms with van der Waals surface area (Å²) in [5.74, 6) is 0. The maximum absolute atomic E-state index is 12.0. The van der Waals surface area contributed by atoms with Crippen LogP contribution in [0, 0.1) is 0 Å². The van der Waals surface area contributed by atoms with E-state index >= 15 is 0 Å². The molecule has 0 aromatic rings. The minimum atomic E-state index is -0.246. The van der Waals surface area contributed by atoms with Gasteiger partial charge in [-0.3, -0.25) is 0 Å². The molecule has 1 rings (SSSR count). The minimum absolute atomic E-state index is 0.0729. The van der Waals surface area contributed by atoms with Gasteiger partial charge in [0.15, 0.2) is 0 Å². The minimum Gasteiger partial charge on any atom is -0.309 e. The lowest BCUT2D eigenvalue weighted by molar-refractivity contribution is 0.213. The average molecular weight is 132 g/mol. The molecule has 3 heteroatoms. The van der Waals surface area contributed by atoms with Gasteiger partial charge in [-0.05, 0) is 7.05 Å². The molecule has 0 aliphatic carbocycles. The van der Waals surface area contributed by atoms with Crippen LogP contribution in [0.25, 0.3) is 0 Å². The standard InChI is InChI=1S/C6H13FN2/c1-9-3-2-8-6(4-7)5-9/h6,8H,2-5H2,1H3. The molecule has 1 aliphatic rings. The Morgan fingerprint density at radius 3 is 3.00 bits per heavy atom. The molecule has 1 N–H and O–H groups in total. The molecule has 0 radical (unpaired) electrons. The molecule has 0 amide bonds. The third-order valence-corrected chi connectivity index (χ3v) is 1.64. The third-order valence-electron chi connectivity index (χ3n) is 1.64. The predicted molar refractivity (Wildman–Crippen MR) is 35.3 cm³/mol. The normalized spacial score (nSPS) is 30.7. The van der Waals surface area contributed by atoms with E-state index in [0.29, 0.717) is 0 Å². The summed E-state index contributed by atoms with van der Waals surface area (Å²) in [5, 5.41) is 3.08. The predicted octanol–water partition coefficient (Wildman–Crippen LogP) is -0.141. The Bertz CT molecular complexity index is 87.1. The van der Waals surface area contributed by atoms with Gasteiger partial charge in [-0.1, -0.05) is 0 Å². The number of nitrogens with zero attached hydrogens (tertiary/aromatic N) is 1. The molecule has 9 heavy (non-hydrogen) atoms. The van der Waals surface area contributed by atoms with E-state index in [1.54, 1.807) is 0 Å². The second-order valence-electron chi connectivity index (χ2n) is 2.57. The van der Waals surface area contributed by atoms with Crippen molar-refractivity contribution in [2.45, 2.75) is 6.04 Å². The van der Waals surface area contributed by atoms with E-state index in [0.717, 1.165) is 19.6 Å². The topological polar surface area (TPSA) is 15.3 Å². The van der Waals surface area contributed by atoms with Crippen molar-refractivity contribution >= 4 is 0 Å². The van der Waals surface area contributed by atoms with Gasteiger partial charge in [-0.15, -0.1) is 0 Å². The summed E-state index contributed by atoms with van der Waals surface area (Å²) in [5.41, 5.74) is 0. The van der Waals surface area contributed by atoms with Crippen LogP contribution in [0.3, 0.4) is 0 Å². The smallest absolute Gasteiger partial charge is 0.106 e. The van der Waals surface area contributed by atoms with E-state index in [9.17, 15) is 4.39 Å². The lowest BCUT2D eigenvalue weighted by Crippen LogP contribution is -2.49. The van der Waals surface area contributed by atoms with E-state index in [1.807, 2.05) is 7.05 Å². The fourth-order valence-electron chi connectivity index (χ4n) is 1.09. The molecular formula is C6H13FN2. The maximum Gasteiger partial charge on any atom is 0.106 e. The Balaban J connectivity index is 2.23. The van der Waals surface area contributed by atoms with Gasteiger partial charge in [-0.2, -0.15) is 0 Å². The first kappa shape index (κ1) is 6.96. The van der Waals surface area contributed by atoms with Crippen LogP contribution in [0.2, 0.25) is 0 Å². The molecule has 1 fully saturated rings. The van der Waals surface area contributed by atoms with Gasteiger partial charge in [0.05, 0.1) is 0 Å². The van der Waals surface area contributed by atoms with E-state index in [2.05, 4.69) is 10.2 Å². The van der Waals surface area contributed by atoms with Crippen LogP contribution in [0.1, 0.15) is 0 Å². The van der Waals surface area contributed by atoms with Crippen LogP contribution >= 0.6 is 0 Å². The Hall–Kier alpha value is -0.150. The summed E-state index contributed by atoms with van der Waals surface area (Å²) in [7, 11) is 2.02. The van der Waals surface area contributed by atoms with Crippen molar-refractivity contribution in [2.75, 3.05) is 33.4 Å². The quantitative estimate of drug-likeness (QED) is 0.534. The van der Waals surface area contributed by atoms with E-state index in [1.165, 1.54) is 0 Å². The fraction of sp³-hybridized carbons (Fsp3) is 1.00. The Kier molecular flexibility index (Phi) is 2.42. The van der Waals surface area contributed by atoms with Crippen molar-refractivity contribution in [2.24, 2.45) is 0 Å². The van der Waals surface area contributed by atoms with E-state index in [-0.39, 0.29) is 12.7 Å². The number of halogens is 1. The summed E-state index contributed by atoms with van der Waals surface area (Å²) >= 11 is 0. The molecule has 0 aromatic heterocycles. The molecule has 1 atom stereocenters. The molecule has 1 aliphatic heterocycles. The first-order chi connectivity index (χ1) is 4.33. The summed E-state index contributed by atoms with van der Waals surface area (Å²) in [6.07, 6.45) is 0. The molecule has 1 saturated heterocycles. The number of hydrogen-bond donors (Lipinski definition) is 1. The van der Waals surface area contributed by atoms with Gasteiger partial charge >= 0.3 is 0 Å². The highest BCUT2D eigenvalue weighted by Crippen LogP contribution is 1.95. The fourth-order valence-corrected chi connectivity index (χ4v) is 1.09. The summed E-state index contributed by atoms with van der Waals surface area (Å²) < 4.78 is 12.0. The van der Waals surface area contributed by atoms with Crippen molar-refractivity contribution in [3.8, 4) is 0 Å². The summed E-state index contributed by atoms with van der Waals surface area (Å²) in [4.78, 5) is 2.14. The highest BCUT2D eigenvalue weighted by atomic mass is 19.1. The highest BCUT2D eigenvalue weighted by molar-refractivity contribution is 4.75. The van der Waals surface area contributed by atoms with Gasteiger partial charge in [0, 0.05) is 25.7 Å². The van der Waals surface area contributed by atoms with Gasteiger partial charge in [0.2, 0.25) is 0 Å². The van der Waals surface area contributed by atoms with Gasteiger partial charge in [-0.25, -0.2) is 4.39 Å². The summed E-state index contributed by atoms with van der Waals surface area (Å²) in [6, 6.07) is 0.0729. The Morgan fingerprint density at radius 1 is 1.78 bits per heavy atom. The van der Waals surface area contributed by atoms with Crippen LogP contribution in [0.5, 0.6) is 0 Å². The zero-order valence-electron chi connectivity index (χ0n) is 5.73. The molecule has 0 aromatic carbocycles. The van der Waals surface area contributed by atoms with E-state index < -0.39 is 0 Å². The lowest BCUT2D eigenvalue weighted by atomic mass is 10.2. The van der Waals surface area contributed by atoms with Crippen LogP contribution in [-0.4, -0.2) is 44.3 Å². The monoisotopic (exact) mass is 132 g/mol. The van der Waals surface area contributed by atoms with E-state index in [4.69, 9.17) is 0 Å². The number of nitrogens with one attached hydrogen (secondary N) is 1. The molecule has 54 valence electrons. The van der Waals surface area contributed by atoms with Crippen molar-refractivity contribution in [1.29, 1.82) is 0 Å². The highest BCUT2D eigenvalue weighted by Gasteiger charge is 2.14. The largest absolute Gasteiger partial charge is 0.309 e. The van der Waals surface area contributed by atoms with Crippen LogP contribution in [-0.2, 0) is 0 Å². The average Bonchev–Trinajstić information content (AvgIpc) is 1.88.